The van der Waals surface area contributed by atoms with E-state index in [4.69, 9.17) is 4.42 Å². The Balaban J connectivity index is 0.901. The molecule has 1 aliphatic heterocycles. The second-order valence-corrected chi connectivity index (χ2v) is 16.9. The monoisotopic (exact) mass is 770 g/mol. The van der Waals surface area contributed by atoms with E-state index < -0.39 is 0 Å². The molecule has 12 rings (SSSR count). The molecule has 2 unspecified atom stereocenters. The van der Waals surface area contributed by atoms with Crippen LogP contribution < -0.4 is 9.80 Å². The number of hydrogen-bond donors (Lipinski definition) is 0. The van der Waals surface area contributed by atoms with Gasteiger partial charge in [0.15, 0.2) is 0 Å². The first kappa shape index (κ1) is 34.7. The summed E-state index contributed by atoms with van der Waals surface area (Å²) >= 11 is 0. The minimum absolute atomic E-state index is 0.106. The zero-order chi connectivity index (χ0) is 40.0. The van der Waals surface area contributed by atoms with E-state index in [2.05, 4.69) is 218 Å². The van der Waals surface area contributed by atoms with Gasteiger partial charge in [-0.15, -0.1) is 0 Å². The minimum atomic E-state index is -0.106. The lowest BCUT2D eigenvalue weighted by Gasteiger charge is -2.29. The van der Waals surface area contributed by atoms with Crippen molar-refractivity contribution < 1.29 is 4.42 Å². The molecule has 0 amide bonds. The molecule has 0 N–H and O–H groups in total. The van der Waals surface area contributed by atoms with Crippen LogP contribution in [-0.2, 0) is 5.41 Å². The number of anilines is 5. The summed E-state index contributed by atoms with van der Waals surface area (Å²) in [5.41, 5.74) is 19.1. The van der Waals surface area contributed by atoms with Crippen LogP contribution in [0.4, 0.5) is 28.4 Å². The molecular formula is C57H42N2O. The van der Waals surface area contributed by atoms with Crippen LogP contribution in [0.1, 0.15) is 36.5 Å². The fourth-order valence-electron chi connectivity index (χ4n) is 10.2. The van der Waals surface area contributed by atoms with Crippen molar-refractivity contribution in [1.82, 2.24) is 0 Å². The molecule has 3 aliphatic rings. The Hall–Kier alpha value is -7.36. The number of rotatable bonds is 6. The molecule has 2 aliphatic carbocycles. The topological polar surface area (TPSA) is 19.6 Å². The van der Waals surface area contributed by atoms with Gasteiger partial charge in [-0.05, 0) is 123 Å². The smallest absolute Gasteiger partial charge is 0.135 e. The summed E-state index contributed by atoms with van der Waals surface area (Å²) in [6.45, 7) is 4.70. The first-order chi connectivity index (χ1) is 29.5. The van der Waals surface area contributed by atoms with Gasteiger partial charge in [0.25, 0.3) is 0 Å². The molecule has 0 fully saturated rings. The van der Waals surface area contributed by atoms with E-state index in [1.54, 1.807) is 0 Å². The number of benzene rings is 8. The first-order valence-electron chi connectivity index (χ1n) is 21.0. The Kier molecular flexibility index (Phi) is 7.71. The van der Waals surface area contributed by atoms with Crippen molar-refractivity contribution in [1.29, 1.82) is 0 Å². The van der Waals surface area contributed by atoms with E-state index >= 15 is 0 Å². The van der Waals surface area contributed by atoms with E-state index in [1.807, 2.05) is 12.1 Å². The Bertz CT molecular complexity index is 3180. The van der Waals surface area contributed by atoms with Gasteiger partial charge in [-0.1, -0.05) is 147 Å². The fourth-order valence-corrected chi connectivity index (χ4v) is 10.2. The Labute approximate surface area is 350 Å². The predicted molar refractivity (Wildman–Crippen MR) is 250 cm³/mol. The van der Waals surface area contributed by atoms with Gasteiger partial charge in [-0.25, -0.2) is 0 Å². The summed E-state index contributed by atoms with van der Waals surface area (Å²) in [7, 11) is 0. The van der Waals surface area contributed by atoms with Crippen molar-refractivity contribution in [2.45, 2.75) is 31.2 Å². The Morgan fingerprint density at radius 1 is 0.483 bits per heavy atom. The van der Waals surface area contributed by atoms with Crippen molar-refractivity contribution in [3.05, 3.63) is 223 Å². The molecule has 8 aromatic carbocycles. The van der Waals surface area contributed by atoms with Crippen LogP contribution >= 0.6 is 0 Å². The van der Waals surface area contributed by atoms with Crippen LogP contribution in [0.2, 0.25) is 0 Å². The van der Waals surface area contributed by atoms with Crippen LogP contribution in [0.25, 0.3) is 55.3 Å². The van der Waals surface area contributed by atoms with E-state index in [9.17, 15) is 0 Å². The first-order valence-corrected chi connectivity index (χ1v) is 21.0. The average Bonchev–Trinajstić information content (AvgIpc) is 3.92. The number of para-hydroxylation sites is 2. The van der Waals surface area contributed by atoms with Crippen molar-refractivity contribution in [3.8, 4) is 33.4 Å². The molecule has 0 saturated carbocycles. The molecule has 1 aromatic heterocycles. The largest absolute Gasteiger partial charge is 0.456 e. The highest BCUT2D eigenvalue weighted by molar-refractivity contribution is 6.06. The average molecular weight is 771 g/mol. The van der Waals surface area contributed by atoms with Gasteiger partial charge in [-0.3, -0.25) is 0 Å². The predicted octanol–water partition coefficient (Wildman–Crippen LogP) is 15.4. The van der Waals surface area contributed by atoms with Crippen LogP contribution in [0.3, 0.4) is 0 Å². The molecule has 0 radical (unpaired) electrons. The van der Waals surface area contributed by atoms with Crippen molar-refractivity contribution in [3.63, 3.8) is 0 Å². The third kappa shape index (κ3) is 5.36. The third-order valence-corrected chi connectivity index (χ3v) is 13.2. The van der Waals surface area contributed by atoms with Crippen molar-refractivity contribution >= 4 is 50.4 Å². The molecule has 3 heteroatoms. The van der Waals surface area contributed by atoms with E-state index in [0.29, 0.717) is 5.92 Å². The summed E-state index contributed by atoms with van der Waals surface area (Å²) in [5, 5.41) is 2.28. The summed E-state index contributed by atoms with van der Waals surface area (Å²) in [5.74, 6) is 0.372. The maximum Gasteiger partial charge on any atom is 0.135 e. The van der Waals surface area contributed by atoms with Gasteiger partial charge in [0.05, 0.1) is 6.04 Å². The third-order valence-electron chi connectivity index (χ3n) is 13.2. The molecule has 286 valence electrons. The Morgan fingerprint density at radius 2 is 1.08 bits per heavy atom. The second-order valence-electron chi connectivity index (χ2n) is 16.9. The Morgan fingerprint density at radius 3 is 1.88 bits per heavy atom. The molecule has 9 aromatic rings. The summed E-state index contributed by atoms with van der Waals surface area (Å²) in [4.78, 5) is 4.89. The number of allylic oxidation sites excluding steroid dienone is 2. The highest BCUT2D eigenvalue weighted by atomic mass is 16.3. The zero-order valence-corrected chi connectivity index (χ0v) is 33.6. The molecule has 60 heavy (non-hydrogen) atoms. The maximum absolute atomic E-state index is 6.14. The second kappa shape index (κ2) is 13.3. The molecular weight excluding hydrogens is 729 g/mol. The highest BCUT2D eigenvalue weighted by Crippen LogP contribution is 2.51. The number of fused-ring (bicyclic) bond motifs is 9. The lowest BCUT2D eigenvalue weighted by Crippen LogP contribution is -2.28. The van der Waals surface area contributed by atoms with E-state index in [1.165, 1.54) is 61.4 Å². The van der Waals surface area contributed by atoms with Gasteiger partial charge in [0.1, 0.15) is 11.2 Å². The van der Waals surface area contributed by atoms with E-state index in [-0.39, 0.29) is 11.5 Å². The number of nitrogens with zero attached hydrogens (tertiary/aromatic N) is 2. The van der Waals surface area contributed by atoms with Crippen LogP contribution in [0.15, 0.2) is 211 Å². The maximum atomic E-state index is 6.14. The minimum Gasteiger partial charge on any atom is -0.456 e. The normalized spacial score (nSPS) is 16.8. The summed E-state index contributed by atoms with van der Waals surface area (Å²) in [6.07, 6.45) is 9.03. The zero-order valence-electron chi connectivity index (χ0n) is 33.6. The number of furan rings is 1. The van der Waals surface area contributed by atoms with Gasteiger partial charge < -0.3 is 14.2 Å². The fraction of sp³-hybridized carbons (Fsp3) is 0.0877. The summed E-state index contributed by atoms with van der Waals surface area (Å²) in [6, 6.07) is 66.9. The molecule has 0 spiro atoms. The van der Waals surface area contributed by atoms with Crippen LogP contribution in [0.5, 0.6) is 0 Å². The van der Waals surface area contributed by atoms with Gasteiger partial charge in [-0.2, -0.15) is 0 Å². The number of hydrogen-bond acceptors (Lipinski definition) is 3. The van der Waals surface area contributed by atoms with Crippen molar-refractivity contribution in [2.75, 3.05) is 9.80 Å². The quantitative estimate of drug-likeness (QED) is 0.168. The van der Waals surface area contributed by atoms with Gasteiger partial charge >= 0.3 is 0 Å². The SMILES string of the molecule is CC1(C)c2ccccc2-c2ccc(N(c3ccc(-c4ccc(N5c6ccccc6C6C=CC=CC65)cc4)cc3)c3ccc(-c4ccc5oc6ccccc6c5c4)cc3)cc21. The molecule has 0 saturated heterocycles. The van der Waals surface area contributed by atoms with Crippen LogP contribution in [-0.4, -0.2) is 6.04 Å². The highest BCUT2D eigenvalue weighted by Gasteiger charge is 2.37. The summed E-state index contributed by atoms with van der Waals surface area (Å²) < 4.78 is 6.14. The van der Waals surface area contributed by atoms with Crippen LogP contribution in [0, 0.1) is 0 Å². The lowest BCUT2D eigenvalue weighted by molar-refractivity contribution is 0.660. The molecule has 2 heterocycles. The standard InChI is InChI=1S/C57H42N2O/c1-57(2)51-15-7-3-11-45(51)46-33-32-44(36-52(46)57)58(42-28-23-39(24-29-42)40-25-34-56-50(35-40)49-14-6-10-18-55(49)60-56)41-26-19-37(20-27-41)38-21-30-43(31-22-38)59-53-16-8-4-12-47(53)48-13-5-9-17-54(48)59/h3-36,47,53H,1-2H3. The lowest BCUT2D eigenvalue weighted by atomic mass is 9.82. The molecule has 3 nitrogen and oxygen atoms in total. The van der Waals surface area contributed by atoms with Crippen molar-refractivity contribution in [2.24, 2.45) is 0 Å². The molecule has 2 atom stereocenters. The van der Waals surface area contributed by atoms with Gasteiger partial charge in [0.2, 0.25) is 0 Å². The van der Waals surface area contributed by atoms with Gasteiger partial charge in [0, 0.05) is 50.5 Å². The molecule has 0 bridgehead atoms. The van der Waals surface area contributed by atoms with E-state index in [0.717, 1.165) is 39.0 Å².